The number of hydrogen-bond acceptors (Lipinski definition) is 3. The van der Waals surface area contributed by atoms with E-state index in [4.69, 9.17) is 11.6 Å². The van der Waals surface area contributed by atoms with Crippen LogP contribution in [0.1, 0.15) is 23.2 Å². The molecule has 4 rings (SSSR count). The van der Waals surface area contributed by atoms with Crippen LogP contribution in [0.4, 0.5) is 15.8 Å². The molecule has 0 spiro atoms. The summed E-state index contributed by atoms with van der Waals surface area (Å²) in [5.74, 6) is -1.89. The van der Waals surface area contributed by atoms with Gasteiger partial charge in [-0.15, -0.1) is 0 Å². The largest absolute Gasteiger partial charge is 0.322 e. The molecular weight excluding hydrogens is 361 g/mol. The molecule has 0 aliphatic carbocycles. The lowest BCUT2D eigenvalue weighted by Gasteiger charge is -2.41. The fraction of sp³-hybridized carbons (Fsp3) is 0.167. The third-order valence-electron chi connectivity index (χ3n) is 4.59. The maximum Gasteiger partial charge on any atom is 0.271 e. The van der Waals surface area contributed by atoms with Gasteiger partial charge in [-0.3, -0.25) is 19.3 Å². The van der Waals surface area contributed by atoms with Crippen LogP contribution >= 0.6 is 11.6 Å². The number of para-hydroxylation sites is 1. The standard InChI is InChI=1S/C18H13ClFN3O3/c19-12-9-10(5-6-13(12)20)21-17(26)18-8-7-15(24)23(18)14-4-2-1-3-11(14)16(25)22-18/h1-6,9H,7-8H2,(H,21,26)(H,22,25)/t18-/m0/s1. The van der Waals surface area contributed by atoms with Crippen LogP contribution < -0.4 is 15.5 Å². The third-order valence-corrected chi connectivity index (χ3v) is 4.88. The Labute approximate surface area is 152 Å². The first-order valence-electron chi connectivity index (χ1n) is 7.93. The summed E-state index contributed by atoms with van der Waals surface area (Å²) in [6.45, 7) is 0. The number of rotatable bonds is 2. The second-order valence-corrected chi connectivity index (χ2v) is 6.55. The molecule has 1 saturated heterocycles. The Morgan fingerprint density at radius 3 is 2.77 bits per heavy atom. The number of fused-ring (bicyclic) bond motifs is 3. The van der Waals surface area contributed by atoms with Crippen molar-refractivity contribution in [3.63, 3.8) is 0 Å². The maximum atomic E-state index is 13.3. The number of benzene rings is 2. The Balaban J connectivity index is 1.74. The topological polar surface area (TPSA) is 78.5 Å². The van der Waals surface area contributed by atoms with E-state index >= 15 is 0 Å². The van der Waals surface area contributed by atoms with E-state index < -0.39 is 23.3 Å². The van der Waals surface area contributed by atoms with Crippen molar-refractivity contribution in [3.05, 3.63) is 58.9 Å². The molecule has 0 bridgehead atoms. The summed E-state index contributed by atoms with van der Waals surface area (Å²) in [6.07, 6.45) is 0.249. The molecule has 1 atom stereocenters. The highest BCUT2D eigenvalue weighted by Gasteiger charge is 2.56. The second kappa shape index (κ2) is 5.81. The van der Waals surface area contributed by atoms with E-state index in [0.29, 0.717) is 11.3 Å². The summed E-state index contributed by atoms with van der Waals surface area (Å²) in [7, 11) is 0. The van der Waals surface area contributed by atoms with Gasteiger partial charge in [-0.2, -0.15) is 0 Å². The monoisotopic (exact) mass is 373 g/mol. The molecule has 1 fully saturated rings. The van der Waals surface area contributed by atoms with Crippen molar-refractivity contribution in [2.45, 2.75) is 18.5 Å². The number of amides is 3. The summed E-state index contributed by atoms with van der Waals surface area (Å²) >= 11 is 5.75. The van der Waals surface area contributed by atoms with Crippen molar-refractivity contribution in [2.75, 3.05) is 10.2 Å². The van der Waals surface area contributed by atoms with E-state index in [1.54, 1.807) is 24.3 Å². The molecule has 0 unspecified atom stereocenters. The lowest BCUT2D eigenvalue weighted by Crippen LogP contribution is -2.68. The minimum absolute atomic E-state index is 0.117. The zero-order valence-electron chi connectivity index (χ0n) is 13.4. The highest BCUT2D eigenvalue weighted by Crippen LogP contribution is 2.39. The van der Waals surface area contributed by atoms with E-state index in [1.807, 2.05) is 0 Å². The van der Waals surface area contributed by atoms with Crippen molar-refractivity contribution < 1.29 is 18.8 Å². The Morgan fingerprint density at radius 1 is 1.23 bits per heavy atom. The van der Waals surface area contributed by atoms with Crippen LogP contribution in [0.2, 0.25) is 5.02 Å². The molecule has 0 aromatic heterocycles. The molecule has 2 heterocycles. The Bertz CT molecular complexity index is 964. The number of carbonyl (C=O) groups excluding carboxylic acids is 3. The van der Waals surface area contributed by atoms with Crippen molar-refractivity contribution in [3.8, 4) is 0 Å². The van der Waals surface area contributed by atoms with Gasteiger partial charge in [0, 0.05) is 18.5 Å². The molecule has 3 amide bonds. The normalized spacial score (nSPS) is 21.1. The lowest BCUT2D eigenvalue weighted by molar-refractivity contribution is -0.124. The van der Waals surface area contributed by atoms with Crippen LogP contribution in [-0.4, -0.2) is 23.4 Å². The molecule has 0 radical (unpaired) electrons. The molecule has 2 aromatic rings. The van der Waals surface area contributed by atoms with Gasteiger partial charge in [-0.25, -0.2) is 4.39 Å². The molecule has 2 aliphatic rings. The van der Waals surface area contributed by atoms with Crippen LogP contribution in [0.15, 0.2) is 42.5 Å². The van der Waals surface area contributed by atoms with Gasteiger partial charge in [0.05, 0.1) is 16.3 Å². The zero-order chi connectivity index (χ0) is 18.5. The molecule has 26 heavy (non-hydrogen) atoms. The summed E-state index contributed by atoms with van der Waals surface area (Å²) in [5.41, 5.74) is -0.533. The number of hydrogen-bond donors (Lipinski definition) is 2. The first-order valence-corrected chi connectivity index (χ1v) is 8.31. The van der Waals surface area contributed by atoms with Crippen LogP contribution in [-0.2, 0) is 9.59 Å². The van der Waals surface area contributed by atoms with Crippen molar-refractivity contribution in [1.29, 1.82) is 0 Å². The summed E-state index contributed by atoms with van der Waals surface area (Å²) in [6, 6.07) is 10.4. The minimum Gasteiger partial charge on any atom is -0.322 e. The zero-order valence-corrected chi connectivity index (χ0v) is 14.1. The van der Waals surface area contributed by atoms with Gasteiger partial charge in [-0.05, 0) is 30.3 Å². The third kappa shape index (κ3) is 2.35. The van der Waals surface area contributed by atoms with Gasteiger partial charge < -0.3 is 10.6 Å². The van der Waals surface area contributed by atoms with Crippen molar-refractivity contribution in [2.24, 2.45) is 0 Å². The molecule has 132 valence electrons. The number of nitrogens with zero attached hydrogens (tertiary/aromatic N) is 1. The van der Waals surface area contributed by atoms with E-state index in [2.05, 4.69) is 10.6 Å². The fourth-order valence-electron chi connectivity index (χ4n) is 3.38. The van der Waals surface area contributed by atoms with Gasteiger partial charge in [0.25, 0.3) is 11.8 Å². The van der Waals surface area contributed by atoms with Crippen LogP contribution in [0.25, 0.3) is 0 Å². The van der Waals surface area contributed by atoms with Gasteiger partial charge in [0.2, 0.25) is 11.6 Å². The van der Waals surface area contributed by atoms with E-state index in [0.717, 1.165) is 6.07 Å². The average molecular weight is 374 g/mol. The van der Waals surface area contributed by atoms with Crippen LogP contribution in [0.5, 0.6) is 0 Å². The van der Waals surface area contributed by atoms with Crippen LogP contribution in [0.3, 0.4) is 0 Å². The highest BCUT2D eigenvalue weighted by atomic mass is 35.5. The highest BCUT2D eigenvalue weighted by molar-refractivity contribution is 6.31. The Morgan fingerprint density at radius 2 is 2.00 bits per heavy atom. The van der Waals surface area contributed by atoms with Crippen LogP contribution in [0, 0.1) is 5.82 Å². The predicted molar refractivity (Wildman–Crippen MR) is 93.4 cm³/mol. The molecule has 8 heteroatoms. The number of nitrogens with one attached hydrogen (secondary N) is 2. The molecule has 2 N–H and O–H groups in total. The second-order valence-electron chi connectivity index (χ2n) is 6.14. The number of carbonyl (C=O) groups is 3. The molecule has 2 aliphatic heterocycles. The average Bonchev–Trinajstić information content (AvgIpc) is 2.96. The quantitative estimate of drug-likeness (QED) is 0.849. The first kappa shape index (κ1) is 16.5. The van der Waals surface area contributed by atoms with Crippen molar-refractivity contribution >= 4 is 40.7 Å². The minimum atomic E-state index is -1.52. The molecule has 6 nitrogen and oxygen atoms in total. The summed E-state index contributed by atoms with van der Waals surface area (Å²) in [5, 5.41) is 5.15. The van der Waals surface area contributed by atoms with Gasteiger partial charge in [0.1, 0.15) is 5.82 Å². The molecule has 0 saturated carbocycles. The Kier molecular flexibility index (Phi) is 3.69. The van der Waals surface area contributed by atoms with Gasteiger partial charge >= 0.3 is 0 Å². The molecular formula is C18H13ClFN3O3. The first-order chi connectivity index (χ1) is 12.4. The van der Waals surface area contributed by atoms with E-state index in [9.17, 15) is 18.8 Å². The predicted octanol–water partition coefficient (Wildman–Crippen LogP) is 2.68. The SMILES string of the molecule is O=C1N[C@@]2(C(=O)Nc3ccc(F)c(Cl)c3)CCC(=O)N2c2ccccc21. The Hall–Kier alpha value is -2.93. The number of halogens is 2. The lowest BCUT2D eigenvalue weighted by atomic mass is 9.98. The van der Waals surface area contributed by atoms with Gasteiger partial charge in [0.15, 0.2) is 0 Å². The number of anilines is 2. The molecule has 2 aromatic carbocycles. The maximum absolute atomic E-state index is 13.3. The fourth-order valence-corrected chi connectivity index (χ4v) is 3.56. The van der Waals surface area contributed by atoms with E-state index in [1.165, 1.54) is 17.0 Å². The van der Waals surface area contributed by atoms with Crippen molar-refractivity contribution in [1.82, 2.24) is 5.32 Å². The van der Waals surface area contributed by atoms with E-state index in [-0.39, 0.29) is 29.5 Å². The summed E-state index contributed by atoms with van der Waals surface area (Å²) in [4.78, 5) is 39.3. The smallest absolute Gasteiger partial charge is 0.271 e. The summed E-state index contributed by atoms with van der Waals surface area (Å²) < 4.78 is 13.3. The van der Waals surface area contributed by atoms with Gasteiger partial charge in [-0.1, -0.05) is 23.7 Å².